The van der Waals surface area contributed by atoms with E-state index in [-0.39, 0.29) is 11.7 Å². The molecule has 0 atom stereocenters. The first-order chi connectivity index (χ1) is 14.6. The van der Waals surface area contributed by atoms with Crippen molar-refractivity contribution in [3.05, 3.63) is 57.8 Å². The molecule has 0 bridgehead atoms. The molecule has 0 fully saturated rings. The highest BCUT2D eigenvalue weighted by molar-refractivity contribution is 7.99. The fourth-order valence-corrected chi connectivity index (χ4v) is 5.63. The molecule has 4 rings (SSSR count). The number of nitrogens with zero attached hydrogens (tertiary/aromatic N) is 3. The van der Waals surface area contributed by atoms with E-state index in [1.54, 1.807) is 0 Å². The Labute approximate surface area is 185 Å². The van der Waals surface area contributed by atoms with Gasteiger partial charge in [-0.25, -0.2) is 0 Å². The number of amides is 1. The fourth-order valence-electron chi connectivity index (χ4n) is 3.76. The summed E-state index contributed by atoms with van der Waals surface area (Å²) in [6, 6.07) is 6.06. The summed E-state index contributed by atoms with van der Waals surface area (Å²) in [4.78, 5) is 14.0. The Kier molecular flexibility index (Phi) is 6.39. The van der Waals surface area contributed by atoms with Crippen molar-refractivity contribution in [3.8, 4) is 11.4 Å². The minimum absolute atomic E-state index is 0.0451. The normalized spacial score (nSPS) is 13.1. The van der Waals surface area contributed by atoms with E-state index in [4.69, 9.17) is 0 Å². The van der Waals surface area contributed by atoms with E-state index < -0.39 is 0 Å². The second-order valence-corrected chi connectivity index (χ2v) is 9.53. The number of nitrogens with one attached hydrogen (secondary N) is 1. The molecule has 1 N–H and O–H groups in total. The smallest absolute Gasteiger partial charge is 0.234 e. The van der Waals surface area contributed by atoms with E-state index >= 15 is 0 Å². The Bertz CT molecular complexity index is 1080. The van der Waals surface area contributed by atoms with E-state index in [1.165, 1.54) is 40.6 Å². The number of aromatic nitrogens is 3. The van der Waals surface area contributed by atoms with Crippen molar-refractivity contribution in [3.63, 3.8) is 0 Å². The van der Waals surface area contributed by atoms with Gasteiger partial charge in [0.25, 0.3) is 0 Å². The number of hydrogen-bond donors (Lipinski definition) is 1. The van der Waals surface area contributed by atoms with Gasteiger partial charge in [-0.05, 0) is 62.3 Å². The van der Waals surface area contributed by atoms with Crippen LogP contribution in [0, 0.1) is 13.8 Å². The molecule has 156 valence electrons. The van der Waals surface area contributed by atoms with Crippen molar-refractivity contribution in [2.75, 3.05) is 11.1 Å². The number of aryl methyl sites for hydroxylation is 3. The predicted octanol–water partition coefficient (Wildman–Crippen LogP) is 5.42. The van der Waals surface area contributed by atoms with Crippen LogP contribution in [0.4, 0.5) is 5.69 Å². The minimum Gasteiger partial charge on any atom is -0.325 e. The highest BCUT2D eigenvalue weighted by Gasteiger charge is 2.22. The van der Waals surface area contributed by atoms with Gasteiger partial charge in [-0.1, -0.05) is 30.0 Å². The monoisotopic (exact) mass is 438 g/mol. The lowest BCUT2D eigenvalue weighted by atomic mass is 9.95. The molecule has 0 saturated heterocycles. The molecule has 3 aromatic rings. The Morgan fingerprint density at radius 1 is 1.30 bits per heavy atom. The van der Waals surface area contributed by atoms with E-state index in [0.717, 1.165) is 40.6 Å². The second kappa shape index (κ2) is 9.18. The lowest BCUT2D eigenvalue weighted by Crippen LogP contribution is -2.15. The summed E-state index contributed by atoms with van der Waals surface area (Å²) in [5.74, 6) is 1.12. The molecule has 1 aliphatic carbocycles. The third-order valence-corrected chi connectivity index (χ3v) is 7.39. The van der Waals surface area contributed by atoms with Crippen LogP contribution in [0.1, 0.15) is 34.4 Å². The average molecular weight is 439 g/mol. The summed E-state index contributed by atoms with van der Waals surface area (Å²) < 4.78 is 2.07. The quantitative estimate of drug-likeness (QED) is 0.395. The number of carbonyl (C=O) groups excluding carboxylic acids is 1. The molecule has 0 unspecified atom stereocenters. The van der Waals surface area contributed by atoms with Crippen molar-refractivity contribution < 1.29 is 4.79 Å². The lowest BCUT2D eigenvalue weighted by molar-refractivity contribution is -0.113. The lowest BCUT2D eigenvalue weighted by Gasteiger charge is -2.13. The van der Waals surface area contributed by atoms with Crippen LogP contribution in [-0.4, -0.2) is 26.4 Å². The number of anilines is 1. The van der Waals surface area contributed by atoms with Crippen LogP contribution in [0.2, 0.25) is 0 Å². The standard InChI is InChI=1S/C23H26N4OS2/c1-4-11-27-22(18-13-29-20-8-6-5-7-17(18)20)25-26-23(27)30-14-21(28)24-19-12-15(2)9-10-16(19)3/h4,9-10,12-13H,1,5-8,11,14H2,2-3H3,(H,24,28). The predicted molar refractivity (Wildman–Crippen MR) is 125 cm³/mol. The maximum Gasteiger partial charge on any atom is 0.234 e. The SMILES string of the molecule is C=CCn1c(SCC(=O)Nc2cc(C)ccc2C)nnc1-c1csc2c1CCCC2. The minimum atomic E-state index is -0.0451. The number of hydrogen-bond acceptors (Lipinski definition) is 5. The zero-order valence-electron chi connectivity index (χ0n) is 17.4. The third-order valence-electron chi connectivity index (χ3n) is 5.33. The van der Waals surface area contributed by atoms with Crippen LogP contribution in [0.5, 0.6) is 0 Å². The summed E-state index contributed by atoms with van der Waals surface area (Å²) in [7, 11) is 0. The van der Waals surface area contributed by atoms with E-state index in [9.17, 15) is 4.79 Å². The average Bonchev–Trinajstić information content (AvgIpc) is 3.33. The summed E-state index contributed by atoms with van der Waals surface area (Å²) in [5, 5.41) is 14.9. The van der Waals surface area contributed by atoms with E-state index in [1.807, 2.05) is 49.5 Å². The van der Waals surface area contributed by atoms with Crippen molar-refractivity contribution in [2.45, 2.75) is 51.2 Å². The first-order valence-corrected chi connectivity index (χ1v) is 12.1. The molecule has 0 radical (unpaired) electrons. The number of thiophene rings is 1. The van der Waals surface area contributed by atoms with Crippen LogP contribution < -0.4 is 5.32 Å². The largest absolute Gasteiger partial charge is 0.325 e. The molecular formula is C23H26N4OS2. The molecule has 1 amide bonds. The van der Waals surface area contributed by atoms with Crippen LogP contribution in [-0.2, 0) is 24.2 Å². The molecule has 7 heteroatoms. The molecule has 2 aromatic heterocycles. The summed E-state index contributed by atoms with van der Waals surface area (Å²) in [5.41, 5.74) is 5.65. The van der Waals surface area contributed by atoms with Gasteiger partial charge >= 0.3 is 0 Å². The van der Waals surface area contributed by atoms with Gasteiger partial charge in [0, 0.05) is 28.1 Å². The highest BCUT2D eigenvalue weighted by Crippen LogP contribution is 2.36. The van der Waals surface area contributed by atoms with Crippen LogP contribution in [0.15, 0.2) is 41.4 Å². The van der Waals surface area contributed by atoms with Gasteiger partial charge < -0.3 is 5.32 Å². The Balaban J connectivity index is 1.51. The Morgan fingerprint density at radius 2 is 2.13 bits per heavy atom. The molecule has 1 aliphatic rings. The van der Waals surface area contributed by atoms with Gasteiger partial charge in [-0.15, -0.1) is 28.1 Å². The number of carbonyl (C=O) groups is 1. The number of benzene rings is 1. The number of rotatable bonds is 7. The summed E-state index contributed by atoms with van der Waals surface area (Å²) in [6.45, 7) is 8.53. The van der Waals surface area contributed by atoms with Crippen molar-refractivity contribution in [2.24, 2.45) is 0 Å². The maximum absolute atomic E-state index is 12.5. The molecule has 0 spiro atoms. The molecular weight excluding hydrogens is 412 g/mol. The molecule has 0 aliphatic heterocycles. The second-order valence-electron chi connectivity index (χ2n) is 7.62. The Hall–Kier alpha value is -2.38. The van der Waals surface area contributed by atoms with Gasteiger partial charge in [-0.3, -0.25) is 9.36 Å². The first kappa shape index (κ1) is 20.9. The number of thioether (sulfide) groups is 1. The highest BCUT2D eigenvalue weighted by atomic mass is 32.2. The first-order valence-electron chi connectivity index (χ1n) is 10.2. The van der Waals surface area contributed by atoms with Gasteiger partial charge in [0.1, 0.15) is 0 Å². The molecule has 1 aromatic carbocycles. The maximum atomic E-state index is 12.5. The van der Waals surface area contributed by atoms with Gasteiger partial charge in [0.05, 0.1) is 5.75 Å². The van der Waals surface area contributed by atoms with Crippen LogP contribution >= 0.6 is 23.1 Å². The van der Waals surface area contributed by atoms with Crippen LogP contribution in [0.3, 0.4) is 0 Å². The van der Waals surface area contributed by atoms with Crippen molar-refractivity contribution in [1.29, 1.82) is 0 Å². The molecule has 2 heterocycles. The van der Waals surface area contributed by atoms with Crippen molar-refractivity contribution >= 4 is 34.7 Å². The third kappa shape index (κ3) is 4.37. The topological polar surface area (TPSA) is 59.8 Å². The van der Waals surface area contributed by atoms with Gasteiger partial charge in [0.15, 0.2) is 11.0 Å². The summed E-state index contributed by atoms with van der Waals surface area (Å²) >= 11 is 3.24. The van der Waals surface area contributed by atoms with E-state index in [2.05, 4.69) is 32.0 Å². The number of allylic oxidation sites excluding steroid dienone is 1. The Morgan fingerprint density at radius 3 is 2.97 bits per heavy atom. The van der Waals surface area contributed by atoms with Gasteiger partial charge in [0.2, 0.25) is 5.91 Å². The zero-order chi connectivity index (χ0) is 21.1. The fraction of sp³-hybridized carbons (Fsp3) is 0.348. The van der Waals surface area contributed by atoms with Crippen LogP contribution in [0.25, 0.3) is 11.4 Å². The number of fused-ring (bicyclic) bond motifs is 1. The molecule has 5 nitrogen and oxygen atoms in total. The van der Waals surface area contributed by atoms with Crippen molar-refractivity contribution in [1.82, 2.24) is 14.8 Å². The van der Waals surface area contributed by atoms with Gasteiger partial charge in [-0.2, -0.15) is 0 Å². The summed E-state index contributed by atoms with van der Waals surface area (Å²) in [6.07, 6.45) is 6.62. The molecule has 0 saturated carbocycles. The molecule has 30 heavy (non-hydrogen) atoms. The zero-order valence-corrected chi connectivity index (χ0v) is 19.0. The van der Waals surface area contributed by atoms with E-state index in [0.29, 0.717) is 6.54 Å².